The predicted molar refractivity (Wildman–Crippen MR) is 89.7 cm³/mol. The lowest BCUT2D eigenvalue weighted by Gasteiger charge is -2.15. The van der Waals surface area contributed by atoms with Gasteiger partial charge in [0, 0.05) is 38.4 Å². The average Bonchev–Trinajstić information content (AvgIpc) is 3.10. The van der Waals surface area contributed by atoms with Gasteiger partial charge in [-0.1, -0.05) is 0 Å². The third-order valence-electron chi connectivity index (χ3n) is 4.07. The van der Waals surface area contributed by atoms with E-state index in [1.54, 1.807) is 0 Å². The molecule has 23 heavy (non-hydrogen) atoms. The van der Waals surface area contributed by atoms with Gasteiger partial charge in [-0.05, 0) is 37.1 Å². The van der Waals surface area contributed by atoms with E-state index < -0.39 is 0 Å². The molecule has 3 rings (SSSR count). The van der Waals surface area contributed by atoms with Gasteiger partial charge in [-0.15, -0.1) is 10.2 Å². The molecule has 0 unspecified atom stereocenters. The second kappa shape index (κ2) is 6.28. The number of aryl methyl sites for hydroxylation is 2. The normalized spacial score (nSPS) is 12.8. The molecular formula is C16H22N6O. The van der Waals surface area contributed by atoms with Gasteiger partial charge >= 0.3 is 6.03 Å². The van der Waals surface area contributed by atoms with Crippen LogP contribution in [0.15, 0.2) is 18.2 Å². The topological polar surface area (TPSA) is 75.1 Å². The van der Waals surface area contributed by atoms with Crippen LogP contribution in [0.3, 0.4) is 0 Å². The molecule has 1 aromatic carbocycles. The van der Waals surface area contributed by atoms with Crippen molar-refractivity contribution in [3.63, 3.8) is 0 Å². The molecule has 0 bridgehead atoms. The monoisotopic (exact) mass is 314 g/mol. The van der Waals surface area contributed by atoms with Gasteiger partial charge in [0.05, 0.1) is 6.54 Å². The molecule has 0 fully saturated rings. The Balaban J connectivity index is 1.59. The van der Waals surface area contributed by atoms with Gasteiger partial charge in [0.2, 0.25) is 0 Å². The molecule has 1 aromatic heterocycles. The zero-order valence-electron chi connectivity index (χ0n) is 13.8. The smallest absolute Gasteiger partial charge is 0.319 e. The number of nitrogens with zero attached hydrogens (tertiary/aromatic N) is 4. The summed E-state index contributed by atoms with van der Waals surface area (Å²) in [6, 6.07) is 5.70. The third kappa shape index (κ3) is 3.28. The molecule has 0 atom stereocenters. The zero-order chi connectivity index (χ0) is 16.4. The van der Waals surface area contributed by atoms with Crippen molar-refractivity contribution in [1.29, 1.82) is 0 Å². The molecule has 2 heterocycles. The van der Waals surface area contributed by atoms with Crippen LogP contribution >= 0.6 is 0 Å². The minimum absolute atomic E-state index is 0.235. The first-order valence-corrected chi connectivity index (χ1v) is 7.78. The highest BCUT2D eigenvalue weighted by molar-refractivity contribution is 5.90. The van der Waals surface area contributed by atoms with Gasteiger partial charge in [0.25, 0.3) is 0 Å². The van der Waals surface area contributed by atoms with Gasteiger partial charge in [-0.3, -0.25) is 0 Å². The minimum atomic E-state index is -0.235. The summed E-state index contributed by atoms with van der Waals surface area (Å²) in [4.78, 5) is 14.1. The van der Waals surface area contributed by atoms with E-state index in [0.717, 1.165) is 48.0 Å². The van der Waals surface area contributed by atoms with E-state index in [1.165, 1.54) is 0 Å². The van der Waals surface area contributed by atoms with Crippen LogP contribution in [-0.4, -0.2) is 34.9 Å². The largest absolute Gasteiger partial charge is 0.378 e. The number of urea groups is 1. The predicted octanol–water partition coefficient (Wildman–Crippen LogP) is 1.92. The average molecular weight is 314 g/mol. The molecule has 0 saturated carbocycles. The Morgan fingerprint density at radius 1 is 1.35 bits per heavy atom. The van der Waals surface area contributed by atoms with E-state index in [-0.39, 0.29) is 6.03 Å². The summed E-state index contributed by atoms with van der Waals surface area (Å²) >= 11 is 0. The molecule has 2 aromatic rings. The van der Waals surface area contributed by atoms with Crippen LogP contribution in [0.1, 0.15) is 23.6 Å². The number of hydrogen-bond acceptors (Lipinski definition) is 4. The van der Waals surface area contributed by atoms with Crippen LogP contribution in [0.4, 0.5) is 16.2 Å². The summed E-state index contributed by atoms with van der Waals surface area (Å²) in [5.41, 5.74) is 2.93. The summed E-state index contributed by atoms with van der Waals surface area (Å²) < 4.78 is 2.08. The number of nitrogens with one attached hydrogen (secondary N) is 2. The first-order chi connectivity index (χ1) is 11.0. The number of carbonyl (C=O) groups excluding carboxylic acids is 1. The Labute approximate surface area is 135 Å². The fourth-order valence-corrected chi connectivity index (χ4v) is 2.73. The Hall–Kier alpha value is -2.57. The number of anilines is 2. The van der Waals surface area contributed by atoms with Crippen LogP contribution < -0.4 is 15.5 Å². The molecule has 2 N–H and O–H groups in total. The first kappa shape index (κ1) is 15.3. The fraction of sp³-hybridized carbons (Fsp3) is 0.438. The Bertz CT molecular complexity index is 721. The highest BCUT2D eigenvalue weighted by Crippen LogP contribution is 2.21. The standard InChI is InChI=1S/C16H22N6O/c1-11-9-12(21(2)3)6-7-13(11)18-16(23)17-10-15-20-19-14-5-4-8-22(14)15/h6-7,9H,4-5,8,10H2,1-3H3,(H2,17,18,23). The maximum Gasteiger partial charge on any atom is 0.319 e. The second-order valence-corrected chi connectivity index (χ2v) is 5.99. The van der Waals surface area contributed by atoms with Crippen LogP contribution in [0, 0.1) is 6.92 Å². The Morgan fingerprint density at radius 3 is 2.91 bits per heavy atom. The summed E-state index contributed by atoms with van der Waals surface area (Å²) in [5, 5.41) is 14.0. The van der Waals surface area contributed by atoms with Crippen LogP contribution in [0.2, 0.25) is 0 Å². The van der Waals surface area contributed by atoms with Crippen LogP contribution in [0.5, 0.6) is 0 Å². The highest BCUT2D eigenvalue weighted by Gasteiger charge is 2.17. The number of aromatic nitrogens is 3. The molecule has 0 radical (unpaired) electrons. The number of carbonyl (C=O) groups is 1. The Morgan fingerprint density at radius 2 is 2.17 bits per heavy atom. The van der Waals surface area contributed by atoms with E-state index in [0.29, 0.717) is 6.54 Å². The lowest BCUT2D eigenvalue weighted by Crippen LogP contribution is -2.29. The number of benzene rings is 1. The number of fused-ring (bicyclic) bond motifs is 1. The van der Waals surface area contributed by atoms with Crippen LogP contribution in [-0.2, 0) is 19.5 Å². The van der Waals surface area contributed by atoms with E-state index in [9.17, 15) is 4.79 Å². The number of rotatable bonds is 4. The van der Waals surface area contributed by atoms with Crippen molar-refractivity contribution in [2.45, 2.75) is 32.9 Å². The van der Waals surface area contributed by atoms with Gasteiger partial charge in [-0.2, -0.15) is 0 Å². The molecule has 122 valence electrons. The van der Waals surface area contributed by atoms with Gasteiger partial charge < -0.3 is 20.1 Å². The second-order valence-electron chi connectivity index (χ2n) is 5.99. The van der Waals surface area contributed by atoms with E-state index >= 15 is 0 Å². The minimum Gasteiger partial charge on any atom is -0.378 e. The van der Waals surface area contributed by atoms with Crippen molar-refractivity contribution in [2.24, 2.45) is 0 Å². The van der Waals surface area contributed by atoms with Crippen molar-refractivity contribution in [3.8, 4) is 0 Å². The SMILES string of the molecule is Cc1cc(N(C)C)ccc1NC(=O)NCc1nnc2n1CCC2. The van der Waals surface area contributed by atoms with Gasteiger partial charge in [0.15, 0.2) is 5.82 Å². The van der Waals surface area contributed by atoms with Crippen molar-refractivity contribution in [3.05, 3.63) is 35.4 Å². The molecular weight excluding hydrogens is 292 g/mol. The zero-order valence-corrected chi connectivity index (χ0v) is 13.8. The third-order valence-corrected chi connectivity index (χ3v) is 4.07. The lowest BCUT2D eigenvalue weighted by molar-refractivity contribution is 0.251. The molecule has 0 saturated heterocycles. The van der Waals surface area contributed by atoms with E-state index in [1.807, 2.05) is 44.1 Å². The summed E-state index contributed by atoms with van der Waals surface area (Å²) in [6.45, 7) is 3.30. The van der Waals surface area contributed by atoms with Crippen molar-refractivity contribution in [1.82, 2.24) is 20.1 Å². The van der Waals surface area contributed by atoms with Crippen molar-refractivity contribution >= 4 is 17.4 Å². The molecule has 1 aliphatic rings. The Kier molecular flexibility index (Phi) is 4.18. The molecule has 2 amide bonds. The van der Waals surface area contributed by atoms with Crippen molar-refractivity contribution in [2.75, 3.05) is 24.3 Å². The fourth-order valence-electron chi connectivity index (χ4n) is 2.73. The van der Waals surface area contributed by atoms with E-state index in [4.69, 9.17) is 0 Å². The number of hydrogen-bond donors (Lipinski definition) is 2. The summed E-state index contributed by atoms with van der Waals surface area (Å²) in [6.07, 6.45) is 2.07. The van der Waals surface area contributed by atoms with Gasteiger partial charge in [-0.25, -0.2) is 4.79 Å². The highest BCUT2D eigenvalue weighted by atomic mass is 16.2. The van der Waals surface area contributed by atoms with Crippen molar-refractivity contribution < 1.29 is 4.79 Å². The molecule has 7 heteroatoms. The quantitative estimate of drug-likeness (QED) is 0.904. The maximum atomic E-state index is 12.1. The lowest BCUT2D eigenvalue weighted by atomic mass is 10.1. The number of amides is 2. The maximum absolute atomic E-state index is 12.1. The summed E-state index contributed by atoms with van der Waals surface area (Å²) in [7, 11) is 3.98. The van der Waals surface area contributed by atoms with E-state index in [2.05, 4.69) is 25.4 Å². The molecule has 1 aliphatic heterocycles. The first-order valence-electron chi connectivity index (χ1n) is 7.78. The molecule has 0 spiro atoms. The van der Waals surface area contributed by atoms with Crippen LogP contribution in [0.25, 0.3) is 0 Å². The van der Waals surface area contributed by atoms with Gasteiger partial charge in [0.1, 0.15) is 5.82 Å². The molecule has 0 aliphatic carbocycles. The summed E-state index contributed by atoms with van der Waals surface area (Å²) in [5.74, 6) is 1.82. The molecule has 7 nitrogen and oxygen atoms in total.